The van der Waals surface area contributed by atoms with Crippen LogP contribution in [-0.4, -0.2) is 49.8 Å². The molecule has 3 N–H and O–H groups in total. The van der Waals surface area contributed by atoms with Crippen LogP contribution in [0.4, 0.5) is 17.6 Å². The van der Waals surface area contributed by atoms with Gasteiger partial charge in [0.1, 0.15) is 0 Å². The second-order valence-corrected chi connectivity index (χ2v) is 7.83. The molecule has 0 radical (unpaired) electrons. The van der Waals surface area contributed by atoms with Crippen molar-refractivity contribution >= 4 is 45.1 Å². The fourth-order valence-corrected chi connectivity index (χ4v) is 3.81. The summed E-state index contributed by atoms with van der Waals surface area (Å²) >= 11 is 3.50. The highest BCUT2D eigenvalue weighted by atomic mass is 79.9. The number of anilines is 3. The minimum Gasteiger partial charge on any atom is -0.394 e. The van der Waals surface area contributed by atoms with Gasteiger partial charge in [-0.2, -0.15) is 19.6 Å². The maximum absolute atomic E-state index is 11.2. The van der Waals surface area contributed by atoms with E-state index in [4.69, 9.17) is 0 Å². The van der Waals surface area contributed by atoms with E-state index in [0.717, 1.165) is 35.1 Å². The van der Waals surface area contributed by atoms with Crippen molar-refractivity contribution in [1.29, 1.82) is 0 Å². The number of nitrogens with one attached hydrogen (secondary N) is 2. The highest BCUT2D eigenvalue weighted by Gasteiger charge is 2.27. The Labute approximate surface area is 176 Å². The number of aromatic nitrogens is 4. The van der Waals surface area contributed by atoms with Crippen molar-refractivity contribution in [2.45, 2.75) is 32.4 Å². The van der Waals surface area contributed by atoms with Crippen molar-refractivity contribution in [3.05, 3.63) is 40.5 Å². The first-order chi connectivity index (χ1) is 14.0. The molecule has 1 aromatic carbocycles. The van der Waals surface area contributed by atoms with Crippen molar-refractivity contribution in [3.63, 3.8) is 0 Å². The summed E-state index contributed by atoms with van der Waals surface area (Å²) in [6.45, 7) is 2.92. The van der Waals surface area contributed by atoms with Crippen LogP contribution < -0.4 is 15.5 Å². The zero-order valence-electron chi connectivity index (χ0n) is 16.0. The number of halogens is 1. The van der Waals surface area contributed by atoms with Crippen molar-refractivity contribution in [2.24, 2.45) is 0 Å². The SMILES string of the molecule is CC(=O)Nc1ccc(CNc2nc(N3CCC[C@@H]3CO)nc3c(Br)cnn23)cc1. The van der Waals surface area contributed by atoms with E-state index < -0.39 is 0 Å². The summed E-state index contributed by atoms with van der Waals surface area (Å²) in [6.07, 6.45) is 3.62. The molecular weight excluding hydrogens is 438 g/mol. The number of hydrogen-bond acceptors (Lipinski definition) is 7. The number of benzene rings is 1. The van der Waals surface area contributed by atoms with Crippen LogP contribution >= 0.6 is 15.9 Å². The molecule has 0 saturated carbocycles. The van der Waals surface area contributed by atoms with Gasteiger partial charge in [-0.15, -0.1) is 0 Å². The van der Waals surface area contributed by atoms with Crippen LogP contribution in [0.3, 0.4) is 0 Å². The van der Waals surface area contributed by atoms with Crippen molar-refractivity contribution in [1.82, 2.24) is 19.6 Å². The predicted molar refractivity (Wildman–Crippen MR) is 114 cm³/mol. The number of fused-ring (bicyclic) bond motifs is 1. The number of nitrogens with zero attached hydrogens (tertiary/aromatic N) is 5. The second-order valence-electron chi connectivity index (χ2n) is 6.98. The molecule has 0 unspecified atom stereocenters. The minimum atomic E-state index is -0.0980. The molecule has 0 aliphatic carbocycles. The fourth-order valence-electron chi connectivity index (χ4n) is 3.46. The molecule has 1 atom stereocenters. The lowest BCUT2D eigenvalue weighted by molar-refractivity contribution is -0.114. The Hall–Kier alpha value is -2.72. The molecule has 1 saturated heterocycles. The van der Waals surface area contributed by atoms with E-state index in [-0.39, 0.29) is 18.6 Å². The third-order valence-corrected chi connectivity index (χ3v) is 5.44. The Morgan fingerprint density at radius 3 is 2.83 bits per heavy atom. The number of aliphatic hydroxyl groups is 1. The number of rotatable bonds is 6. The minimum absolute atomic E-state index is 0.0355. The maximum atomic E-state index is 11.2. The van der Waals surface area contributed by atoms with Gasteiger partial charge in [-0.1, -0.05) is 12.1 Å². The number of carbonyl (C=O) groups is 1. The second kappa shape index (κ2) is 8.34. The van der Waals surface area contributed by atoms with E-state index in [1.807, 2.05) is 29.2 Å². The topological polar surface area (TPSA) is 108 Å². The molecule has 0 spiro atoms. The van der Waals surface area contributed by atoms with Crippen LogP contribution in [0, 0.1) is 0 Å². The van der Waals surface area contributed by atoms with Crippen LogP contribution in [0.1, 0.15) is 25.3 Å². The van der Waals surface area contributed by atoms with Crippen molar-refractivity contribution in [2.75, 3.05) is 28.7 Å². The Balaban J connectivity index is 1.58. The fraction of sp³-hybridized carbons (Fsp3) is 0.368. The van der Waals surface area contributed by atoms with E-state index >= 15 is 0 Å². The van der Waals surface area contributed by atoms with Gasteiger partial charge in [0.25, 0.3) is 0 Å². The van der Waals surface area contributed by atoms with Gasteiger partial charge in [-0.25, -0.2) is 0 Å². The summed E-state index contributed by atoms with van der Waals surface area (Å²) in [5, 5.41) is 20.1. The molecule has 1 amide bonds. The third kappa shape index (κ3) is 4.18. The molecule has 2 aromatic heterocycles. The standard InChI is InChI=1S/C19H22BrN7O2/c1-12(29)23-14-6-4-13(5-7-14)9-21-18-25-19(26-8-2-3-15(26)11-28)24-17-16(20)10-22-27(17)18/h4-7,10,15,28H,2-3,8-9,11H2,1H3,(H,23,29)(H,21,24,25)/t15-/m1/s1. The highest BCUT2D eigenvalue weighted by Crippen LogP contribution is 2.26. The van der Waals surface area contributed by atoms with Crippen LogP contribution in [0.25, 0.3) is 5.65 Å². The first kappa shape index (κ1) is 19.6. The molecule has 29 heavy (non-hydrogen) atoms. The van der Waals surface area contributed by atoms with Gasteiger partial charge in [0.15, 0.2) is 5.65 Å². The number of hydrogen-bond donors (Lipinski definition) is 3. The lowest BCUT2D eigenvalue weighted by atomic mass is 10.2. The monoisotopic (exact) mass is 459 g/mol. The molecule has 4 rings (SSSR count). The largest absolute Gasteiger partial charge is 0.394 e. The lowest BCUT2D eigenvalue weighted by Gasteiger charge is -2.23. The molecular formula is C19H22BrN7O2. The van der Waals surface area contributed by atoms with Crippen LogP contribution in [-0.2, 0) is 11.3 Å². The van der Waals surface area contributed by atoms with E-state index in [2.05, 4.69) is 41.6 Å². The van der Waals surface area contributed by atoms with E-state index in [0.29, 0.717) is 24.1 Å². The quantitative estimate of drug-likeness (QED) is 0.519. The van der Waals surface area contributed by atoms with Crippen molar-refractivity contribution < 1.29 is 9.90 Å². The van der Waals surface area contributed by atoms with Gasteiger partial charge >= 0.3 is 0 Å². The molecule has 10 heteroatoms. The number of amides is 1. The average molecular weight is 460 g/mol. The Morgan fingerprint density at radius 2 is 2.10 bits per heavy atom. The Bertz CT molecular complexity index is 1020. The van der Waals surface area contributed by atoms with Crippen LogP contribution in [0.15, 0.2) is 34.9 Å². The zero-order chi connectivity index (χ0) is 20.4. The third-order valence-electron chi connectivity index (χ3n) is 4.88. The van der Waals surface area contributed by atoms with Crippen molar-refractivity contribution in [3.8, 4) is 0 Å². The molecule has 3 heterocycles. The summed E-state index contributed by atoms with van der Waals surface area (Å²) in [6, 6.07) is 7.64. The van der Waals surface area contributed by atoms with Gasteiger partial charge in [0, 0.05) is 25.7 Å². The van der Waals surface area contributed by atoms with E-state index in [9.17, 15) is 9.90 Å². The number of carbonyl (C=O) groups excluding carboxylic acids is 1. The smallest absolute Gasteiger partial charge is 0.231 e. The number of aliphatic hydroxyl groups excluding tert-OH is 1. The van der Waals surface area contributed by atoms with Gasteiger partial charge in [-0.3, -0.25) is 4.79 Å². The van der Waals surface area contributed by atoms with Gasteiger partial charge < -0.3 is 20.6 Å². The predicted octanol–water partition coefficient (Wildman–Crippen LogP) is 2.42. The summed E-state index contributed by atoms with van der Waals surface area (Å²) in [4.78, 5) is 22.5. The molecule has 1 aliphatic heterocycles. The van der Waals surface area contributed by atoms with E-state index in [1.165, 1.54) is 6.92 Å². The molecule has 1 aliphatic rings. The summed E-state index contributed by atoms with van der Waals surface area (Å²) in [7, 11) is 0. The first-order valence-corrected chi connectivity index (χ1v) is 10.2. The van der Waals surface area contributed by atoms with Crippen LogP contribution in [0.5, 0.6) is 0 Å². The van der Waals surface area contributed by atoms with Gasteiger partial charge in [0.05, 0.1) is 23.3 Å². The molecule has 152 valence electrons. The molecule has 9 nitrogen and oxygen atoms in total. The molecule has 1 fully saturated rings. The molecule has 3 aromatic rings. The average Bonchev–Trinajstić information content (AvgIpc) is 3.33. The Kier molecular flexibility index (Phi) is 5.63. The van der Waals surface area contributed by atoms with E-state index in [1.54, 1.807) is 10.7 Å². The summed E-state index contributed by atoms with van der Waals surface area (Å²) < 4.78 is 2.44. The summed E-state index contributed by atoms with van der Waals surface area (Å²) in [5.74, 6) is 1.06. The maximum Gasteiger partial charge on any atom is 0.231 e. The zero-order valence-corrected chi connectivity index (χ0v) is 17.6. The van der Waals surface area contributed by atoms with Crippen LogP contribution in [0.2, 0.25) is 0 Å². The first-order valence-electron chi connectivity index (χ1n) is 9.44. The summed E-state index contributed by atoms with van der Waals surface area (Å²) in [5.41, 5.74) is 2.46. The highest BCUT2D eigenvalue weighted by molar-refractivity contribution is 9.10. The van der Waals surface area contributed by atoms with Gasteiger partial charge in [-0.05, 0) is 46.5 Å². The molecule has 0 bridgehead atoms. The lowest BCUT2D eigenvalue weighted by Crippen LogP contribution is -2.34. The van der Waals surface area contributed by atoms with Gasteiger partial charge in [0.2, 0.25) is 17.8 Å². The normalized spacial score (nSPS) is 16.4. The Morgan fingerprint density at radius 1 is 1.31 bits per heavy atom.